The Hall–Kier alpha value is -1.02. The quantitative estimate of drug-likeness (QED) is 0.556. The van der Waals surface area contributed by atoms with Crippen LogP contribution in [0.4, 0.5) is 5.69 Å². The van der Waals surface area contributed by atoms with Crippen molar-refractivity contribution in [1.29, 1.82) is 0 Å². The highest BCUT2D eigenvalue weighted by Gasteiger charge is 2.07. The number of carbonyl (C=O) groups excluding carboxylic acids is 1. The lowest BCUT2D eigenvalue weighted by Gasteiger charge is -2.21. The van der Waals surface area contributed by atoms with Crippen LogP contribution in [0.3, 0.4) is 0 Å². The van der Waals surface area contributed by atoms with Crippen LogP contribution in [0, 0.1) is 0 Å². The summed E-state index contributed by atoms with van der Waals surface area (Å²) in [5, 5.41) is 0.669. The number of benzene rings is 1. The molecule has 0 N–H and O–H groups in total. The van der Waals surface area contributed by atoms with Gasteiger partial charge in [-0.2, -0.15) is 0 Å². The van der Waals surface area contributed by atoms with Crippen LogP contribution >= 0.6 is 11.6 Å². The number of anilines is 1. The van der Waals surface area contributed by atoms with Crippen LogP contribution in [0.1, 0.15) is 36.5 Å². The summed E-state index contributed by atoms with van der Waals surface area (Å²) < 4.78 is 0. The Morgan fingerprint density at radius 3 is 2.75 bits per heavy atom. The van der Waals surface area contributed by atoms with Gasteiger partial charge < -0.3 is 4.90 Å². The maximum Gasteiger partial charge on any atom is 0.152 e. The third kappa shape index (κ3) is 3.53. The minimum Gasteiger partial charge on any atom is -0.374 e. The fraction of sp³-hybridized carbons (Fsp3) is 0.462. The van der Waals surface area contributed by atoms with Gasteiger partial charge in [-0.3, -0.25) is 4.79 Å². The lowest BCUT2D eigenvalue weighted by atomic mass is 10.1. The number of hydrogen-bond donors (Lipinski definition) is 0. The molecule has 16 heavy (non-hydrogen) atoms. The van der Waals surface area contributed by atoms with Gasteiger partial charge in [0.1, 0.15) is 0 Å². The minimum absolute atomic E-state index is 0.669. The highest BCUT2D eigenvalue weighted by Crippen LogP contribution is 2.23. The van der Waals surface area contributed by atoms with Crippen LogP contribution in [0.5, 0.6) is 0 Å². The lowest BCUT2D eigenvalue weighted by molar-refractivity contribution is 0.112. The molecule has 0 unspecified atom stereocenters. The zero-order valence-corrected chi connectivity index (χ0v) is 10.6. The van der Waals surface area contributed by atoms with Crippen LogP contribution in [-0.4, -0.2) is 19.9 Å². The predicted molar refractivity (Wildman–Crippen MR) is 69.6 cm³/mol. The van der Waals surface area contributed by atoms with E-state index in [1.165, 1.54) is 12.8 Å². The number of aldehydes is 1. The zero-order valence-electron chi connectivity index (χ0n) is 9.87. The van der Waals surface area contributed by atoms with E-state index in [4.69, 9.17) is 11.6 Å². The molecule has 3 heteroatoms. The summed E-state index contributed by atoms with van der Waals surface area (Å²) in [6.45, 7) is 3.13. The second-order valence-corrected chi connectivity index (χ2v) is 4.39. The first-order chi connectivity index (χ1) is 7.69. The molecule has 0 radical (unpaired) electrons. The molecule has 1 rings (SSSR count). The van der Waals surface area contributed by atoms with Crippen molar-refractivity contribution in [2.24, 2.45) is 0 Å². The second kappa shape index (κ2) is 6.54. The molecule has 0 aromatic heterocycles. The first-order valence-electron chi connectivity index (χ1n) is 5.65. The zero-order chi connectivity index (χ0) is 12.0. The summed E-state index contributed by atoms with van der Waals surface area (Å²) in [4.78, 5) is 13.0. The number of unbranched alkanes of at least 4 members (excludes halogenated alkanes) is 2. The molecule has 0 saturated heterocycles. The third-order valence-electron chi connectivity index (χ3n) is 2.63. The molecule has 0 saturated carbocycles. The van der Waals surface area contributed by atoms with Gasteiger partial charge in [-0.15, -0.1) is 0 Å². The average Bonchev–Trinajstić information content (AvgIpc) is 2.29. The molecule has 88 valence electrons. The first-order valence-corrected chi connectivity index (χ1v) is 6.02. The van der Waals surface area contributed by atoms with Gasteiger partial charge >= 0.3 is 0 Å². The van der Waals surface area contributed by atoms with Gasteiger partial charge in [0, 0.05) is 29.9 Å². The molecular weight excluding hydrogens is 222 g/mol. The minimum atomic E-state index is 0.669. The molecule has 0 bridgehead atoms. The Morgan fingerprint density at radius 2 is 2.12 bits per heavy atom. The van der Waals surface area contributed by atoms with Crippen molar-refractivity contribution in [3.8, 4) is 0 Å². The van der Waals surface area contributed by atoms with Gasteiger partial charge in [-0.05, 0) is 24.6 Å². The Labute approximate surface area is 102 Å². The number of nitrogens with zero attached hydrogens (tertiary/aromatic N) is 1. The second-order valence-electron chi connectivity index (χ2n) is 3.95. The van der Waals surface area contributed by atoms with Crippen LogP contribution in [0.2, 0.25) is 5.02 Å². The molecule has 1 aromatic carbocycles. The highest BCUT2D eigenvalue weighted by atomic mass is 35.5. The topological polar surface area (TPSA) is 20.3 Å². The standard InChI is InChI=1S/C13H18ClNO/c1-3-4-5-8-15(2)13-9-12(14)7-6-11(13)10-16/h6-7,9-10H,3-5,8H2,1-2H3. The fourth-order valence-corrected chi connectivity index (χ4v) is 1.83. The molecule has 0 atom stereocenters. The normalized spacial score (nSPS) is 10.2. The van der Waals surface area contributed by atoms with Crippen molar-refractivity contribution in [1.82, 2.24) is 0 Å². The highest BCUT2D eigenvalue weighted by molar-refractivity contribution is 6.31. The van der Waals surface area contributed by atoms with E-state index >= 15 is 0 Å². The van der Waals surface area contributed by atoms with E-state index in [2.05, 4.69) is 11.8 Å². The Balaban J connectivity index is 2.76. The third-order valence-corrected chi connectivity index (χ3v) is 2.86. The molecule has 0 aliphatic rings. The van der Waals surface area contributed by atoms with Crippen molar-refractivity contribution in [2.75, 3.05) is 18.5 Å². The van der Waals surface area contributed by atoms with Gasteiger partial charge in [0.2, 0.25) is 0 Å². The molecule has 0 fully saturated rings. The number of hydrogen-bond acceptors (Lipinski definition) is 2. The van der Waals surface area contributed by atoms with Crippen molar-refractivity contribution in [2.45, 2.75) is 26.2 Å². The van der Waals surface area contributed by atoms with E-state index in [1.54, 1.807) is 12.1 Å². The summed E-state index contributed by atoms with van der Waals surface area (Å²) in [6.07, 6.45) is 4.42. The van der Waals surface area contributed by atoms with Gasteiger partial charge in [0.15, 0.2) is 6.29 Å². The predicted octanol–water partition coefficient (Wildman–Crippen LogP) is 3.78. The maximum atomic E-state index is 10.9. The Bertz CT molecular complexity index is 352. The van der Waals surface area contributed by atoms with Gasteiger partial charge in [0.25, 0.3) is 0 Å². The Kier molecular flexibility index (Phi) is 5.33. The van der Waals surface area contributed by atoms with E-state index in [9.17, 15) is 4.79 Å². The molecule has 0 heterocycles. The van der Waals surface area contributed by atoms with E-state index < -0.39 is 0 Å². The molecule has 0 amide bonds. The van der Waals surface area contributed by atoms with E-state index in [1.807, 2.05) is 13.1 Å². The van der Waals surface area contributed by atoms with Crippen LogP contribution < -0.4 is 4.90 Å². The molecular formula is C13H18ClNO. The van der Waals surface area contributed by atoms with E-state index in [-0.39, 0.29) is 0 Å². The summed E-state index contributed by atoms with van der Waals surface area (Å²) in [6, 6.07) is 5.35. The molecule has 0 aliphatic heterocycles. The average molecular weight is 240 g/mol. The lowest BCUT2D eigenvalue weighted by Crippen LogP contribution is -2.19. The summed E-state index contributed by atoms with van der Waals surface area (Å²) in [7, 11) is 1.99. The van der Waals surface area contributed by atoms with E-state index in [0.29, 0.717) is 10.6 Å². The molecule has 2 nitrogen and oxygen atoms in total. The number of halogens is 1. The van der Waals surface area contributed by atoms with Crippen molar-refractivity contribution >= 4 is 23.6 Å². The number of carbonyl (C=O) groups is 1. The summed E-state index contributed by atoms with van der Waals surface area (Å²) in [5.74, 6) is 0. The van der Waals surface area contributed by atoms with Crippen LogP contribution in [0.15, 0.2) is 18.2 Å². The van der Waals surface area contributed by atoms with Crippen molar-refractivity contribution in [3.05, 3.63) is 28.8 Å². The van der Waals surface area contributed by atoms with Crippen molar-refractivity contribution < 1.29 is 4.79 Å². The summed E-state index contributed by atoms with van der Waals surface area (Å²) in [5.41, 5.74) is 1.61. The first kappa shape index (κ1) is 13.0. The maximum absolute atomic E-state index is 10.9. The van der Waals surface area contributed by atoms with Gasteiger partial charge in [-0.1, -0.05) is 31.4 Å². The molecule has 1 aromatic rings. The van der Waals surface area contributed by atoms with Crippen molar-refractivity contribution in [3.63, 3.8) is 0 Å². The van der Waals surface area contributed by atoms with Gasteiger partial charge in [0.05, 0.1) is 0 Å². The largest absolute Gasteiger partial charge is 0.374 e. The van der Waals surface area contributed by atoms with Gasteiger partial charge in [-0.25, -0.2) is 0 Å². The summed E-state index contributed by atoms with van der Waals surface area (Å²) >= 11 is 5.94. The fourth-order valence-electron chi connectivity index (χ4n) is 1.67. The SMILES string of the molecule is CCCCCN(C)c1cc(Cl)ccc1C=O. The van der Waals surface area contributed by atoms with Crippen LogP contribution in [0.25, 0.3) is 0 Å². The Morgan fingerprint density at radius 1 is 1.38 bits per heavy atom. The smallest absolute Gasteiger partial charge is 0.152 e. The van der Waals surface area contributed by atoms with Crippen LogP contribution in [-0.2, 0) is 0 Å². The molecule has 0 spiro atoms. The number of rotatable bonds is 6. The molecule has 0 aliphatic carbocycles. The van der Waals surface area contributed by atoms with E-state index in [0.717, 1.165) is 24.9 Å². The monoisotopic (exact) mass is 239 g/mol.